The molecule has 1 aromatic heterocycles. The van der Waals surface area contributed by atoms with Crippen LogP contribution in [0.3, 0.4) is 0 Å². The fourth-order valence-corrected chi connectivity index (χ4v) is 1.36. The lowest BCUT2D eigenvalue weighted by Gasteiger charge is -2.01. The van der Waals surface area contributed by atoms with Gasteiger partial charge in [-0.15, -0.1) is 5.10 Å². The lowest BCUT2D eigenvalue weighted by molar-refractivity contribution is 0.560. The standard InChI is InChI=1S/C10H9F2N3/c1-15-6-7(13-14-15)5-8-9(11)3-2-4-10(8)12/h2-4,6H,5H2,1H3. The Labute approximate surface area is 85.3 Å². The molecule has 1 heterocycles. The summed E-state index contributed by atoms with van der Waals surface area (Å²) in [7, 11) is 1.70. The summed E-state index contributed by atoms with van der Waals surface area (Å²) in [5.41, 5.74) is 0.569. The van der Waals surface area contributed by atoms with Gasteiger partial charge in [0.2, 0.25) is 0 Å². The summed E-state index contributed by atoms with van der Waals surface area (Å²) in [6, 6.07) is 3.80. The average Bonchev–Trinajstić information content (AvgIpc) is 2.58. The lowest BCUT2D eigenvalue weighted by Crippen LogP contribution is -1.97. The minimum absolute atomic E-state index is 0.0259. The summed E-state index contributed by atoms with van der Waals surface area (Å²) < 4.78 is 28.0. The van der Waals surface area contributed by atoms with Gasteiger partial charge >= 0.3 is 0 Å². The van der Waals surface area contributed by atoms with E-state index in [-0.39, 0.29) is 12.0 Å². The van der Waals surface area contributed by atoms with Gasteiger partial charge in [0.25, 0.3) is 0 Å². The van der Waals surface area contributed by atoms with E-state index in [9.17, 15) is 8.78 Å². The van der Waals surface area contributed by atoms with Crippen LogP contribution in [0.15, 0.2) is 24.4 Å². The van der Waals surface area contributed by atoms with E-state index < -0.39 is 11.6 Å². The van der Waals surface area contributed by atoms with E-state index in [0.717, 1.165) is 0 Å². The number of halogens is 2. The maximum Gasteiger partial charge on any atom is 0.129 e. The number of nitrogens with zero attached hydrogens (tertiary/aromatic N) is 3. The molecule has 1 aromatic carbocycles. The van der Waals surface area contributed by atoms with Crippen LogP contribution in [0.4, 0.5) is 8.78 Å². The summed E-state index contributed by atoms with van der Waals surface area (Å²) in [4.78, 5) is 0. The Morgan fingerprint density at radius 1 is 1.27 bits per heavy atom. The highest BCUT2D eigenvalue weighted by Gasteiger charge is 2.10. The average molecular weight is 209 g/mol. The van der Waals surface area contributed by atoms with Gasteiger partial charge in [0, 0.05) is 25.2 Å². The van der Waals surface area contributed by atoms with E-state index in [0.29, 0.717) is 5.69 Å². The maximum absolute atomic E-state index is 13.2. The summed E-state index contributed by atoms with van der Waals surface area (Å²) >= 11 is 0. The van der Waals surface area contributed by atoms with Gasteiger partial charge in [0.05, 0.1) is 5.69 Å². The first-order valence-corrected chi connectivity index (χ1v) is 4.45. The summed E-state index contributed by atoms with van der Waals surface area (Å²) in [5.74, 6) is -1.11. The molecule has 0 fully saturated rings. The number of hydrogen-bond acceptors (Lipinski definition) is 2. The zero-order valence-electron chi connectivity index (χ0n) is 8.11. The first-order valence-electron chi connectivity index (χ1n) is 4.45. The molecule has 0 N–H and O–H groups in total. The lowest BCUT2D eigenvalue weighted by atomic mass is 10.1. The van der Waals surface area contributed by atoms with Crippen molar-refractivity contribution in [1.82, 2.24) is 15.0 Å². The molecule has 0 aliphatic rings. The Morgan fingerprint density at radius 2 is 1.93 bits per heavy atom. The van der Waals surface area contributed by atoms with Crippen LogP contribution in [0.2, 0.25) is 0 Å². The van der Waals surface area contributed by atoms with E-state index in [1.54, 1.807) is 13.2 Å². The normalized spacial score (nSPS) is 10.6. The summed E-state index contributed by atoms with van der Waals surface area (Å²) in [6.45, 7) is 0. The molecular formula is C10H9F2N3. The molecule has 0 atom stereocenters. The third kappa shape index (κ3) is 2.01. The van der Waals surface area contributed by atoms with Crippen molar-refractivity contribution in [2.75, 3.05) is 0 Å². The number of benzene rings is 1. The quantitative estimate of drug-likeness (QED) is 0.753. The van der Waals surface area contributed by atoms with Gasteiger partial charge in [-0.05, 0) is 12.1 Å². The van der Waals surface area contributed by atoms with Crippen molar-refractivity contribution >= 4 is 0 Å². The molecule has 0 radical (unpaired) electrons. The summed E-state index contributed by atoms with van der Waals surface area (Å²) in [6.07, 6.45) is 1.75. The monoisotopic (exact) mass is 209 g/mol. The molecule has 2 rings (SSSR count). The van der Waals surface area contributed by atoms with Crippen molar-refractivity contribution in [2.24, 2.45) is 7.05 Å². The van der Waals surface area contributed by atoms with Crippen molar-refractivity contribution in [3.05, 3.63) is 47.3 Å². The number of hydrogen-bond donors (Lipinski definition) is 0. The SMILES string of the molecule is Cn1cc(Cc2c(F)cccc2F)nn1. The zero-order chi connectivity index (χ0) is 10.8. The van der Waals surface area contributed by atoms with E-state index in [1.807, 2.05) is 0 Å². The number of rotatable bonds is 2. The fraction of sp³-hybridized carbons (Fsp3) is 0.200. The van der Waals surface area contributed by atoms with Gasteiger partial charge in [-0.25, -0.2) is 8.78 Å². The molecule has 0 unspecified atom stereocenters. The highest BCUT2D eigenvalue weighted by atomic mass is 19.1. The highest BCUT2D eigenvalue weighted by Crippen LogP contribution is 2.15. The van der Waals surface area contributed by atoms with Crippen molar-refractivity contribution in [3.63, 3.8) is 0 Å². The minimum Gasteiger partial charge on any atom is -0.255 e. The molecule has 15 heavy (non-hydrogen) atoms. The molecule has 2 aromatic rings. The van der Waals surface area contributed by atoms with Crippen LogP contribution in [0.1, 0.15) is 11.3 Å². The Morgan fingerprint density at radius 3 is 2.47 bits per heavy atom. The molecule has 0 saturated heterocycles. The molecule has 0 amide bonds. The molecule has 78 valence electrons. The minimum atomic E-state index is -0.555. The second-order valence-corrected chi connectivity index (χ2v) is 3.26. The van der Waals surface area contributed by atoms with Crippen LogP contribution in [-0.4, -0.2) is 15.0 Å². The van der Waals surface area contributed by atoms with Crippen molar-refractivity contribution in [1.29, 1.82) is 0 Å². The molecule has 0 bridgehead atoms. The van der Waals surface area contributed by atoms with Crippen LogP contribution < -0.4 is 0 Å². The van der Waals surface area contributed by atoms with Crippen molar-refractivity contribution in [3.8, 4) is 0 Å². The van der Waals surface area contributed by atoms with E-state index in [1.165, 1.54) is 22.9 Å². The second kappa shape index (κ2) is 3.76. The molecule has 5 heteroatoms. The number of aryl methyl sites for hydroxylation is 1. The van der Waals surface area contributed by atoms with E-state index >= 15 is 0 Å². The summed E-state index contributed by atoms with van der Waals surface area (Å²) in [5, 5.41) is 7.47. The van der Waals surface area contributed by atoms with Gasteiger partial charge in [-0.2, -0.15) is 0 Å². The molecule has 0 aliphatic carbocycles. The van der Waals surface area contributed by atoms with E-state index in [4.69, 9.17) is 0 Å². The Kier molecular flexibility index (Phi) is 2.45. The van der Waals surface area contributed by atoms with Gasteiger partial charge in [-0.1, -0.05) is 11.3 Å². The van der Waals surface area contributed by atoms with E-state index in [2.05, 4.69) is 10.3 Å². The van der Waals surface area contributed by atoms with Crippen LogP contribution >= 0.6 is 0 Å². The largest absolute Gasteiger partial charge is 0.255 e. The third-order valence-corrected chi connectivity index (χ3v) is 2.07. The van der Waals surface area contributed by atoms with Gasteiger partial charge < -0.3 is 0 Å². The maximum atomic E-state index is 13.2. The topological polar surface area (TPSA) is 30.7 Å². The zero-order valence-corrected chi connectivity index (χ0v) is 8.11. The molecular weight excluding hydrogens is 200 g/mol. The first kappa shape index (κ1) is 9.76. The van der Waals surface area contributed by atoms with Gasteiger partial charge in [-0.3, -0.25) is 4.68 Å². The Bertz CT molecular complexity index is 459. The molecule has 3 nitrogen and oxygen atoms in total. The number of aromatic nitrogens is 3. The van der Waals surface area contributed by atoms with Crippen LogP contribution in [0.5, 0.6) is 0 Å². The van der Waals surface area contributed by atoms with Crippen LogP contribution in [-0.2, 0) is 13.5 Å². The van der Waals surface area contributed by atoms with Gasteiger partial charge in [0.1, 0.15) is 11.6 Å². The predicted octanol–water partition coefficient (Wildman–Crippen LogP) is 1.68. The molecule has 0 aliphatic heterocycles. The molecule has 0 spiro atoms. The highest BCUT2D eigenvalue weighted by molar-refractivity contribution is 5.23. The van der Waals surface area contributed by atoms with Gasteiger partial charge in [0.15, 0.2) is 0 Å². The van der Waals surface area contributed by atoms with Crippen LogP contribution in [0, 0.1) is 11.6 Å². The van der Waals surface area contributed by atoms with Crippen molar-refractivity contribution in [2.45, 2.75) is 6.42 Å². The smallest absolute Gasteiger partial charge is 0.129 e. The Balaban J connectivity index is 2.31. The predicted molar refractivity (Wildman–Crippen MR) is 50.2 cm³/mol. The second-order valence-electron chi connectivity index (χ2n) is 3.26. The van der Waals surface area contributed by atoms with Crippen molar-refractivity contribution < 1.29 is 8.78 Å². The van der Waals surface area contributed by atoms with Crippen LogP contribution in [0.25, 0.3) is 0 Å². The Hall–Kier alpha value is -1.78. The molecule has 0 saturated carbocycles. The third-order valence-electron chi connectivity index (χ3n) is 2.07. The fourth-order valence-electron chi connectivity index (χ4n) is 1.36. The first-order chi connectivity index (χ1) is 7.16.